The van der Waals surface area contributed by atoms with Crippen molar-refractivity contribution in [3.8, 4) is 0 Å². The normalized spacial score (nSPS) is 27.6. The van der Waals surface area contributed by atoms with Crippen molar-refractivity contribution >= 4 is 11.9 Å². The molecule has 1 saturated heterocycles. The Bertz CT molecular complexity index is 224. The maximum absolute atomic E-state index is 7.38. The van der Waals surface area contributed by atoms with Gasteiger partial charge in [-0.3, -0.25) is 10.8 Å². The lowest BCUT2D eigenvalue weighted by molar-refractivity contribution is 0.142. The summed E-state index contributed by atoms with van der Waals surface area (Å²) in [5.41, 5.74) is 10.9. The highest BCUT2D eigenvalue weighted by Crippen LogP contribution is 2.13. The molecule has 0 aromatic rings. The van der Waals surface area contributed by atoms with E-state index in [1.165, 1.54) is 0 Å². The predicted molar refractivity (Wildman–Crippen MR) is 56.2 cm³/mol. The summed E-state index contributed by atoms with van der Waals surface area (Å²) >= 11 is 0. The molecule has 0 spiro atoms. The molecule has 0 bridgehead atoms. The van der Waals surface area contributed by atoms with Crippen LogP contribution in [0.5, 0.6) is 0 Å². The van der Waals surface area contributed by atoms with E-state index in [-0.39, 0.29) is 24.0 Å². The maximum atomic E-state index is 7.38. The summed E-state index contributed by atoms with van der Waals surface area (Å²) in [6.07, 6.45) is 0. The first-order valence-corrected chi connectivity index (χ1v) is 4.64. The minimum atomic E-state index is 0.0903. The van der Waals surface area contributed by atoms with Crippen LogP contribution in [0.4, 0.5) is 0 Å². The van der Waals surface area contributed by atoms with Crippen LogP contribution in [0.2, 0.25) is 0 Å². The molecule has 0 amide bonds. The van der Waals surface area contributed by atoms with E-state index in [1.54, 1.807) is 0 Å². The van der Waals surface area contributed by atoms with Gasteiger partial charge in [0.05, 0.1) is 0 Å². The van der Waals surface area contributed by atoms with Crippen LogP contribution in [0.25, 0.3) is 0 Å². The van der Waals surface area contributed by atoms with E-state index < -0.39 is 0 Å². The third kappa shape index (κ3) is 1.89. The Morgan fingerprint density at radius 3 is 1.50 bits per heavy atom. The maximum Gasteiger partial charge on any atom is 0.188 e. The number of rotatable bonds is 0. The van der Waals surface area contributed by atoms with Crippen LogP contribution in [0.3, 0.4) is 0 Å². The van der Waals surface area contributed by atoms with Gasteiger partial charge in [0.2, 0.25) is 0 Å². The number of nitrogens with one attached hydrogen (secondary N) is 2. The fourth-order valence-corrected chi connectivity index (χ4v) is 1.80. The highest BCUT2D eigenvalue weighted by atomic mass is 15.4. The zero-order valence-electron chi connectivity index (χ0n) is 8.62. The number of nitrogens with zero attached hydrogens (tertiary/aromatic N) is 2. The number of hydrogen-bond donors (Lipinski definition) is 4. The second-order valence-corrected chi connectivity index (χ2v) is 3.77. The molecule has 1 heterocycles. The molecule has 0 radical (unpaired) electrons. The minimum Gasteiger partial charge on any atom is -0.370 e. The van der Waals surface area contributed by atoms with E-state index in [9.17, 15) is 0 Å². The van der Waals surface area contributed by atoms with Gasteiger partial charge in [0.1, 0.15) is 0 Å². The van der Waals surface area contributed by atoms with Crippen molar-refractivity contribution in [2.75, 3.05) is 13.1 Å². The van der Waals surface area contributed by atoms with Crippen LogP contribution in [-0.4, -0.2) is 46.9 Å². The van der Waals surface area contributed by atoms with E-state index in [0.717, 1.165) is 0 Å². The van der Waals surface area contributed by atoms with Gasteiger partial charge < -0.3 is 21.3 Å². The first-order chi connectivity index (χ1) is 6.43. The molecule has 1 aliphatic rings. The number of hydrogen-bond acceptors (Lipinski definition) is 2. The third-order valence-electron chi connectivity index (χ3n) is 2.60. The van der Waals surface area contributed by atoms with Gasteiger partial charge in [-0.2, -0.15) is 0 Å². The first kappa shape index (κ1) is 10.6. The molecule has 0 unspecified atom stereocenters. The predicted octanol–water partition coefficient (Wildman–Crippen LogP) is -0.832. The van der Waals surface area contributed by atoms with E-state index in [1.807, 2.05) is 23.6 Å². The lowest BCUT2D eigenvalue weighted by Gasteiger charge is -2.44. The van der Waals surface area contributed by atoms with Crippen LogP contribution < -0.4 is 11.5 Å². The van der Waals surface area contributed by atoms with Crippen molar-refractivity contribution in [2.45, 2.75) is 25.9 Å². The highest BCUT2D eigenvalue weighted by molar-refractivity contribution is 5.77. The lowest BCUT2D eigenvalue weighted by Crippen LogP contribution is -2.61. The Morgan fingerprint density at radius 1 is 1.00 bits per heavy atom. The van der Waals surface area contributed by atoms with Crippen molar-refractivity contribution in [3.05, 3.63) is 0 Å². The molecule has 6 nitrogen and oxygen atoms in total. The minimum absolute atomic E-state index is 0.0903. The van der Waals surface area contributed by atoms with Crippen molar-refractivity contribution in [1.29, 1.82) is 10.8 Å². The molecule has 1 aliphatic heterocycles. The van der Waals surface area contributed by atoms with Crippen molar-refractivity contribution in [1.82, 2.24) is 9.80 Å². The van der Waals surface area contributed by atoms with Crippen LogP contribution in [-0.2, 0) is 0 Å². The number of guanidine groups is 2. The SMILES string of the molecule is C[C@@H]1CN(C(=N)N)[C@@H](C)CN1C(=N)N. The van der Waals surface area contributed by atoms with Crippen LogP contribution in [0.15, 0.2) is 0 Å². The average Bonchev–Trinajstić information content (AvgIpc) is 2.07. The zero-order valence-corrected chi connectivity index (χ0v) is 8.62. The van der Waals surface area contributed by atoms with E-state index >= 15 is 0 Å². The summed E-state index contributed by atoms with van der Waals surface area (Å²) in [7, 11) is 0. The summed E-state index contributed by atoms with van der Waals surface area (Å²) in [6, 6.07) is 0.264. The van der Waals surface area contributed by atoms with Gasteiger partial charge in [-0.1, -0.05) is 0 Å². The summed E-state index contributed by atoms with van der Waals surface area (Å²) in [6.45, 7) is 5.25. The molecule has 6 heteroatoms. The van der Waals surface area contributed by atoms with Crippen molar-refractivity contribution in [3.63, 3.8) is 0 Å². The van der Waals surface area contributed by atoms with Crippen LogP contribution in [0.1, 0.15) is 13.8 Å². The van der Waals surface area contributed by atoms with Gasteiger partial charge in [-0.15, -0.1) is 0 Å². The molecule has 0 saturated carbocycles. The molecule has 2 atom stereocenters. The number of piperazine rings is 1. The van der Waals surface area contributed by atoms with Crippen LogP contribution in [0, 0.1) is 10.8 Å². The summed E-state index contributed by atoms with van der Waals surface area (Å²) in [4.78, 5) is 3.65. The molecule has 6 N–H and O–H groups in total. The lowest BCUT2D eigenvalue weighted by atomic mass is 10.1. The monoisotopic (exact) mass is 198 g/mol. The van der Waals surface area contributed by atoms with Gasteiger partial charge in [-0.25, -0.2) is 0 Å². The average molecular weight is 198 g/mol. The summed E-state index contributed by atoms with van der Waals surface area (Å²) in [5, 5.41) is 14.8. The standard InChI is InChI=1S/C8H18N6/c1-5-3-14(8(11)12)6(2)4-13(5)7(9)10/h5-6H,3-4H2,1-2H3,(H3,9,10)(H3,11,12)/t5-,6+. The Morgan fingerprint density at radius 2 is 1.29 bits per heavy atom. The van der Waals surface area contributed by atoms with E-state index in [4.69, 9.17) is 22.3 Å². The second kappa shape index (κ2) is 3.73. The van der Waals surface area contributed by atoms with Crippen molar-refractivity contribution < 1.29 is 0 Å². The Balaban J connectivity index is 2.71. The zero-order chi connectivity index (χ0) is 10.9. The fourth-order valence-electron chi connectivity index (χ4n) is 1.80. The van der Waals surface area contributed by atoms with Gasteiger partial charge in [0, 0.05) is 25.2 Å². The van der Waals surface area contributed by atoms with Gasteiger partial charge >= 0.3 is 0 Å². The summed E-state index contributed by atoms with van der Waals surface area (Å²) in [5.74, 6) is 0.181. The number of nitrogens with two attached hydrogens (primary N) is 2. The van der Waals surface area contributed by atoms with Gasteiger partial charge in [-0.05, 0) is 13.8 Å². The smallest absolute Gasteiger partial charge is 0.188 e. The van der Waals surface area contributed by atoms with Gasteiger partial charge in [0.15, 0.2) is 11.9 Å². The van der Waals surface area contributed by atoms with E-state index in [0.29, 0.717) is 13.1 Å². The molecule has 1 rings (SSSR count). The highest BCUT2D eigenvalue weighted by Gasteiger charge is 2.30. The van der Waals surface area contributed by atoms with Gasteiger partial charge in [0.25, 0.3) is 0 Å². The van der Waals surface area contributed by atoms with Crippen LogP contribution >= 0.6 is 0 Å². The molecule has 0 aromatic carbocycles. The first-order valence-electron chi connectivity index (χ1n) is 4.64. The molecule has 14 heavy (non-hydrogen) atoms. The molecule has 0 aliphatic carbocycles. The van der Waals surface area contributed by atoms with Crippen molar-refractivity contribution in [2.24, 2.45) is 11.5 Å². The summed E-state index contributed by atoms with van der Waals surface area (Å²) < 4.78 is 0. The second-order valence-electron chi connectivity index (χ2n) is 3.77. The molecule has 80 valence electrons. The molecule has 0 aromatic heterocycles. The molecular formula is C8H18N6. The quantitative estimate of drug-likeness (QED) is 0.301. The third-order valence-corrected chi connectivity index (χ3v) is 2.60. The largest absolute Gasteiger partial charge is 0.370 e. The fraction of sp³-hybridized carbons (Fsp3) is 0.750. The molecule has 1 fully saturated rings. The Labute approximate surface area is 83.9 Å². The Hall–Kier alpha value is -1.46. The topological polar surface area (TPSA) is 106 Å². The van der Waals surface area contributed by atoms with E-state index in [2.05, 4.69) is 0 Å². The molecular weight excluding hydrogens is 180 g/mol. The Kier molecular flexibility index (Phi) is 2.83.